The van der Waals surface area contributed by atoms with Gasteiger partial charge in [0, 0.05) is 20.2 Å². The number of hydrogen-bond donors (Lipinski definition) is 2. The lowest BCUT2D eigenvalue weighted by atomic mass is 10.3. The maximum Gasteiger partial charge on any atom is 0.184 e. The predicted molar refractivity (Wildman–Crippen MR) is 57.7 cm³/mol. The molecule has 0 aliphatic heterocycles. The van der Waals surface area contributed by atoms with E-state index in [1.165, 1.54) is 0 Å². The molecule has 84 valence electrons. The molecule has 0 bridgehead atoms. The lowest BCUT2D eigenvalue weighted by Crippen LogP contribution is -2.02. The first-order valence-electron chi connectivity index (χ1n) is 4.74. The van der Waals surface area contributed by atoms with E-state index in [2.05, 4.69) is 30.7 Å². The standard InChI is InChI=1S/C9H12N6O/c1-10-8-3-6(5-16-2)12-9(13-8)7-4-11-15-14-7/h3-4H,5H2,1-2H3,(H,10,12,13)(H,11,14,15). The summed E-state index contributed by atoms with van der Waals surface area (Å²) in [5, 5.41) is 13.1. The zero-order valence-corrected chi connectivity index (χ0v) is 9.06. The Morgan fingerprint density at radius 1 is 1.44 bits per heavy atom. The molecular weight excluding hydrogens is 208 g/mol. The molecule has 0 amide bonds. The number of rotatable bonds is 4. The molecule has 0 radical (unpaired) electrons. The van der Waals surface area contributed by atoms with E-state index < -0.39 is 0 Å². The van der Waals surface area contributed by atoms with E-state index in [1.54, 1.807) is 20.4 Å². The van der Waals surface area contributed by atoms with Crippen LogP contribution in [-0.4, -0.2) is 39.5 Å². The lowest BCUT2D eigenvalue weighted by Gasteiger charge is -2.05. The van der Waals surface area contributed by atoms with Crippen molar-refractivity contribution < 1.29 is 4.74 Å². The van der Waals surface area contributed by atoms with E-state index in [9.17, 15) is 0 Å². The van der Waals surface area contributed by atoms with Crippen LogP contribution in [0.4, 0.5) is 5.82 Å². The highest BCUT2D eigenvalue weighted by Crippen LogP contribution is 2.14. The number of ether oxygens (including phenoxy) is 1. The summed E-state index contributed by atoms with van der Waals surface area (Å²) < 4.78 is 5.04. The first-order chi connectivity index (χ1) is 7.83. The largest absolute Gasteiger partial charge is 0.378 e. The van der Waals surface area contributed by atoms with Gasteiger partial charge in [-0.05, 0) is 0 Å². The third-order valence-corrected chi connectivity index (χ3v) is 1.97. The topological polar surface area (TPSA) is 88.6 Å². The molecule has 2 aromatic rings. The van der Waals surface area contributed by atoms with Crippen molar-refractivity contribution in [2.24, 2.45) is 0 Å². The van der Waals surface area contributed by atoms with Gasteiger partial charge in [-0.1, -0.05) is 0 Å². The second-order valence-corrected chi connectivity index (χ2v) is 3.11. The van der Waals surface area contributed by atoms with Crippen molar-refractivity contribution in [3.63, 3.8) is 0 Å². The summed E-state index contributed by atoms with van der Waals surface area (Å²) in [5.74, 6) is 1.24. The van der Waals surface area contributed by atoms with Gasteiger partial charge in [-0.2, -0.15) is 15.4 Å². The lowest BCUT2D eigenvalue weighted by molar-refractivity contribution is 0.181. The Hall–Kier alpha value is -2.02. The minimum absolute atomic E-state index is 0.433. The Labute approximate surface area is 92.3 Å². The molecule has 2 heterocycles. The summed E-state index contributed by atoms with van der Waals surface area (Å²) in [6, 6.07) is 1.83. The highest BCUT2D eigenvalue weighted by Gasteiger charge is 2.08. The fourth-order valence-electron chi connectivity index (χ4n) is 1.27. The summed E-state index contributed by atoms with van der Waals surface area (Å²) in [5.41, 5.74) is 1.40. The molecule has 0 saturated heterocycles. The van der Waals surface area contributed by atoms with Crippen molar-refractivity contribution in [1.82, 2.24) is 25.4 Å². The first kappa shape index (κ1) is 10.5. The van der Waals surface area contributed by atoms with Gasteiger partial charge in [0.25, 0.3) is 0 Å². The number of anilines is 1. The Morgan fingerprint density at radius 2 is 2.31 bits per heavy atom. The molecule has 0 aliphatic rings. The first-order valence-corrected chi connectivity index (χ1v) is 4.74. The molecule has 0 aromatic carbocycles. The summed E-state index contributed by atoms with van der Waals surface area (Å²) in [6.07, 6.45) is 1.57. The van der Waals surface area contributed by atoms with E-state index in [-0.39, 0.29) is 0 Å². The molecule has 7 nitrogen and oxygen atoms in total. The number of methoxy groups -OCH3 is 1. The third kappa shape index (κ3) is 2.14. The van der Waals surface area contributed by atoms with Crippen LogP contribution in [0.25, 0.3) is 11.5 Å². The summed E-state index contributed by atoms with van der Waals surface area (Å²) in [7, 11) is 3.42. The molecule has 7 heteroatoms. The van der Waals surface area contributed by atoms with E-state index in [4.69, 9.17) is 4.74 Å². The van der Waals surface area contributed by atoms with Crippen LogP contribution in [0.2, 0.25) is 0 Å². The zero-order valence-electron chi connectivity index (χ0n) is 9.06. The highest BCUT2D eigenvalue weighted by molar-refractivity contribution is 5.51. The third-order valence-electron chi connectivity index (χ3n) is 1.97. The maximum atomic E-state index is 5.04. The number of hydrogen-bond acceptors (Lipinski definition) is 6. The molecule has 0 unspecified atom stereocenters. The van der Waals surface area contributed by atoms with E-state index in [1.807, 2.05) is 6.07 Å². The fourth-order valence-corrected chi connectivity index (χ4v) is 1.27. The molecule has 2 rings (SSSR count). The van der Waals surface area contributed by atoms with Crippen LogP contribution in [0.3, 0.4) is 0 Å². The summed E-state index contributed by atoms with van der Waals surface area (Å²) >= 11 is 0. The van der Waals surface area contributed by atoms with Gasteiger partial charge < -0.3 is 10.1 Å². The predicted octanol–water partition coefficient (Wildman–Crippen LogP) is 0.450. The molecule has 0 saturated carbocycles. The monoisotopic (exact) mass is 220 g/mol. The summed E-state index contributed by atoms with van der Waals surface area (Å²) in [4.78, 5) is 8.59. The van der Waals surface area contributed by atoms with Crippen molar-refractivity contribution in [3.8, 4) is 11.5 Å². The Bertz CT molecular complexity index is 455. The maximum absolute atomic E-state index is 5.04. The van der Waals surface area contributed by atoms with Crippen molar-refractivity contribution in [2.75, 3.05) is 19.5 Å². The Kier molecular flexibility index (Phi) is 3.06. The van der Waals surface area contributed by atoms with Gasteiger partial charge in [-0.25, -0.2) is 9.97 Å². The van der Waals surface area contributed by atoms with Gasteiger partial charge in [0.2, 0.25) is 0 Å². The fraction of sp³-hybridized carbons (Fsp3) is 0.333. The molecule has 2 aromatic heterocycles. The molecule has 0 fully saturated rings. The van der Waals surface area contributed by atoms with E-state index in [0.29, 0.717) is 18.1 Å². The smallest absolute Gasteiger partial charge is 0.184 e. The van der Waals surface area contributed by atoms with Crippen LogP contribution in [-0.2, 0) is 11.3 Å². The average molecular weight is 220 g/mol. The second-order valence-electron chi connectivity index (χ2n) is 3.11. The van der Waals surface area contributed by atoms with E-state index in [0.717, 1.165) is 11.5 Å². The van der Waals surface area contributed by atoms with Crippen molar-refractivity contribution in [2.45, 2.75) is 6.61 Å². The second kappa shape index (κ2) is 4.67. The highest BCUT2D eigenvalue weighted by atomic mass is 16.5. The van der Waals surface area contributed by atoms with Crippen molar-refractivity contribution in [3.05, 3.63) is 18.0 Å². The van der Waals surface area contributed by atoms with Gasteiger partial charge in [-0.15, -0.1) is 0 Å². The Morgan fingerprint density at radius 3 is 2.94 bits per heavy atom. The van der Waals surface area contributed by atoms with Crippen LogP contribution in [0, 0.1) is 0 Å². The van der Waals surface area contributed by atoms with Crippen LogP contribution in [0.15, 0.2) is 12.3 Å². The quantitative estimate of drug-likeness (QED) is 0.777. The number of nitrogens with one attached hydrogen (secondary N) is 2. The summed E-state index contributed by atoms with van der Waals surface area (Å²) in [6.45, 7) is 0.433. The number of H-pyrrole nitrogens is 1. The average Bonchev–Trinajstić information content (AvgIpc) is 2.82. The number of aromatic nitrogens is 5. The number of nitrogens with zero attached hydrogens (tertiary/aromatic N) is 4. The van der Waals surface area contributed by atoms with Crippen LogP contribution in [0.1, 0.15) is 5.69 Å². The van der Waals surface area contributed by atoms with Crippen molar-refractivity contribution in [1.29, 1.82) is 0 Å². The minimum atomic E-state index is 0.433. The van der Waals surface area contributed by atoms with Crippen LogP contribution < -0.4 is 5.32 Å². The minimum Gasteiger partial charge on any atom is -0.378 e. The van der Waals surface area contributed by atoms with Gasteiger partial charge in [-0.3, -0.25) is 0 Å². The molecule has 16 heavy (non-hydrogen) atoms. The normalized spacial score (nSPS) is 10.4. The number of aromatic amines is 1. The SMILES string of the molecule is CNc1cc(COC)nc(-c2cn[nH]n2)n1. The van der Waals surface area contributed by atoms with Crippen molar-refractivity contribution >= 4 is 5.82 Å². The van der Waals surface area contributed by atoms with Gasteiger partial charge in [0.15, 0.2) is 5.82 Å². The van der Waals surface area contributed by atoms with E-state index >= 15 is 0 Å². The van der Waals surface area contributed by atoms with Crippen LogP contribution in [0.5, 0.6) is 0 Å². The zero-order chi connectivity index (χ0) is 11.4. The van der Waals surface area contributed by atoms with Gasteiger partial charge in [0.1, 0.15) is 11.5 Å². The molecular formula is C9H12N6O. The Balaban J connectivity index is 2.41. The van der Waals surface area contributed by atoms with Gasteiger partial charge in [0.05, 0.1) is 18.5 Å². The van der Waals surface area contributed by atoms with Crippen LogP contribution >= 0.6 is 0 Å². The molecule has 0 atom stereocenters. The molecule has 2 N–H and O–H groups in total. The molecule has 0 spiro atoms. The molecule has 0 aliphatic carbocycles. The van der Waals surface area contributed by atoms with Gasteiger partial charge >= 0.3 is 0 Å².